The van der Waals surface area contributed by atoms with E-state index in [1.165, 1.54) is 15.7 Å². The van der Waals surface area contributed by atoms with Gasteiger partial charge >= 0.3 is 0 Å². The molecule has 3 nitrogen and oxygen atoms in total. The van der Waals surface area contributed by atoms with Crippen LogP contribution in [0.1, 0.15) is 26.3 Å². The molecule has 0 radical (unpaired) electrons. The van der Waals surface area contributed by atoms with Crippen molar-refractivity contribution in [3.63, 3.8) is 0 Å². The van der Waals surface area contributed by atoms with Crippen LogP contribution in [-0.4, -0.2) is 32.8 Å². The molecule has 0 unspecified atom stereocenters. The highest BCUT2D eigenvalue weighted by Crippen LogP contribution is 2.24. The Hall–Kier alpha value is -0.580. The lowest BCUT2D eigenvalue weighted by atomic mass is 10.2. The van der Waals surface area contributed by atoms with Crippen molar-refractivity contribution in [2.24, 2.45) is 0 Å². The zero-order valence-electron chi connectivity index (χ0n) is 12.2. The Bertz CT molecular complexity index is 371. The second-order valence-electron chi connectivity index (χ2n) is 4.33. The predicted molar refractivity (Wildman–Crippen MR) is 85.9 cm³/mol. The van der Waals surface area contributed by atoms with Crippen LogP contribution in [0.25, 0.3) is 0 Å². The van der Waals surface area contributed by atoms with E-state index in [2.05, 4.69) is 58.2 Å². The van der Waals surface area contributed by atoms with Crippen molar-refractivity contribution in [2.75, 3.05) is 37.7 Å². The van der Waals surface area contributed by atoms with Crippen molar-refractivity contribution in [2.45, 2.75) is 27.3 Å². The second-order valence-corrected chi connectivity index (χ2v) is 5.19. The Morgan fingerprint density at radius 3 is 2.63 bits per heavy atom. The molecule has 1 rings (SSSR count). The Balaban J connectivity index is 2.68. The summed E-state index contributed by atoms with van der Waals surface area (Å²) in [4.78, 5) is 2.33. The van der Waals surface area contributed by atoms with E-state index in [1.54, 1.807) is 0 Å². The highest BCUT2D eigenvalue weighted by molar-refractivity contribution is 9.10. The summed E-state index contributed by atoms with van der Waals surface area (Å²) in [5.41, 5.74) is 2.54. The van der Waals surface area contributed by atoms with Gasteiger partial charge in [-0.2, -0.15) is 0 Å². The standard InChI is InChI=1S/C15H25BrN2O/c1-4-17-12-13-7-8-14(11-15(13)16)18(5-2)9-10-19-6-3/h7-8,11,17H,4-6,9-10,12H2,1-3H3. The molecule has 0 aliphatic carbocycles. The summed E-state index contributed by atoms with van der Waals surface area (Å²) in [5, 5.41) is 3.35. The molecule has 108 valence electrons. The number of anilines is 1. The first-order valence-corrected chi connectivity index (χ1v) is 7.84. The Morgan fingerprint density at radius 1 is 1.26 bits per heavy atom. The van der Waals surface area contributed by atoms with Gasteiger partial charge in [-0.15, -0.1) is 0 Å². The molecule has 0 saturated carbocycles. The van der Waals surface area contributed by atoms with Crippen molar-refractivity contribution in [1.29, 1.82) is 0 Å². The van der Waals surface area contributed by atoms with Gasteiger partial charge in [0, 0.05) is 36.4 Å². The van der Waals surface area contributed by atoms with Gasteiger partial charge in [-0.05, 0) is 38.1 Å². The molecule has 0 heterocycles. The summed E-state index contributed by atoms with van der Waals surface area (Å²) in [6, 6.07) is 6.57. The van der Waals surface area contributed by atoms with E-state index < -0.39 is 0 Å². The van der Waals surface area contributed by atoms with Crippen LogP contribution in [0.5, 0.6) is 0 Å². The lowest BCUT2D eigenvalue weighted by molar-refractivity contribution is 0.154. The second kappa shape index (κ2) is 9.34. The zero-order valence-corrected chi connectivity index (χ0v) is 13.8. The maximum Gasteiger partial charge on any atom is 0.0641 e. The first-order chi connectivity index (χ1) is 9.22. The maximum absolute atomic E-state index is 5.43. The molecule has 0 aliphatic heterocycles. The van der Waals surface area contributed by atoms with Crippen LogP contribution >= 0.6 is 15.9 Å². The van der Waals surface area contributed by atoms with Crippen molar-refractivity contribution >= 4 is 21.6 Å². The zero-order chi connectivity index (χ0) is 14.1. The molecule has 4 heteroatoms. The third-order valence-corrected chi connectivity index (χ3v) is 3.80. The molecule has 0 fully saturated rings. The summed E-state index contributed by atoms with van der Waals surface area (Å²) in [7, 11) is 0. The number of nitrogens with one attached hydrogen (secondary N) is 1. The number of halogens is 1. The molecule has 0 aliphatic rings. The molecule has 0 amide bonds. The molecule has 0 aromatic heterocycles. The fourth-order valence-corrected chi connectivity index (χ4v) is 2.43. The monoisotopic (exact) mass is 328 g/mol. The molecule has 19 heavy (non-hydrogen) atoms. The Morgan fingerprint density at radius 2 is 2.05 bits per heavy atom. The van der Waals surface area contributed by atoms with Crippen molar-refractivity contribution < 1.29 is 4.74 Å². The van der Waals surface area contributed by atoms with Gasteiger partial charge in [0.2, 0.25) is 0 Å². The van der Waals surface area contributed by atoms with Gasteiger partial charge in [0.25, 0.3) is 0 Å². The van der Waals surface area contributed by atoms with Gasteiger partial charge < -0.3 is 15.0 Å². The quantitative estimate of drug-likeness (QED) is 0.703. The highest BCUT2D eigenvalue weighted by Gasteiger charge is 2.07. The van der Waals surface area contributed by atoms with E-state index >= 15 is 0 Å². The van der Waals surface area contributed by atoms with Crippen LogP contribution in [0, 0.1) is 0 Å². The first-order valence-electron chi connectivity index (χ1n) is 7.04. The average molecular weight is 329 g/mol. The Kier molecular flexibility index (Phi) is 8.10. The van der Waals surface area contributed by atoms with Crippen LogP contribution in [0.2, 0.25) is 0 Å². The van der Waals surface area contributed by atoms with E-state index in [9.17, 15) is 0 Å². The van der Waals surface area contributed by atoms with Gasteiger partial charge in [0.15, 0.2) is 0 Å². The first kappa shape index (κ1) is 16.5. The molecule has 0 saturated heterocycles. The summed E-state index contributed by atoms with van der Waals surface area (Å²) in [6.07, 6.45) is 0. The number of benzene rings is 1. The smallest absolute Gasteiger partial charge is 0.0641 e. The van der Waals surface area contributed by atoms with Crippen LogP contribution in [0.3, 0.4) is 0 Å². The molecule has 1 aromatic carbocycles. The predicted octanol–water partition coefficient (Wildman–Crippen LogP) is 3.42. The van der Waals surface area contributed by atoms with Gasteiger partial charge in [-0.25, -0.2) is 0 Å². The summed E-state index contributed by atoms with van der Waals surface area (Å²) >= 11 is 3.66. The topological polar surface area (TPSA) is 24.5 Å². The van der Waals surface area contributed by atoms with Gasteiger partial charge in [0.05, 0.1) is 6.61 Å². The van der Waals surface area contributed by atoms with E-state index in [1.807, 2.05) is 6.92 Å². The van der Waals surface area contributed by atoms with E-state index in [-0.39, 0.29) is 0 Å². The SMILES string of the molecule is CCNCc1ccc(N(CC)CCOCC)cc1Br. The average Bonchev–Trinajstić information content (AvgIpc) is 2.42. The summed E-state index contributed by atoms with van der Waals surface area (Å²) in [5.74, 6) is 0. The van der Waals surface area contributed by atoms with E-state index in [0.717, 1.165) is 39.4 Å². The van der Waals surface area contributed by atoms with Crippen molar-refractivity contribution in [3.05, 3.63) is 28.2 Å². The molecule has 0 bridgehead atoms. The number of likely N-dealkylation sites (N-methyl/N-ethyl adjacent to an activating group) is 1. The summed E-state index contributed by atoms with van der Waals surface area (Å²) in [6.45, 7) is 11.7. The largest absolute Gasteiger partial charge is 0.380 e. The van der Waals surface area contributed by atoms with Crippen LogP contribution in [0.4, 0.5) is 5.69 Å². The maximum atomic E-state index is 5.43. The number of nitrogens with zero attached hydrogens (tertiary/aromatic N) is 1. The van der Waals surface area contributed by atoms with Crippen molar-refractivity contribution in [1.82, 2.24) is 5.32 Å². The normalized spacial score (nSPS) is 10.7. The lowest BCUT2D eigenvalue weighted by Gasteiger charge is -2.23. The molecule has 1 aromatic rings. The number of ether oxygens (including phenoxy) is 1. The van der Waals surface area contributed by atoms with Crippen LogP contribution < -0.4 is 10.2 Å². The Labute approximate surface area is 125 Å². The van der Waals surface area contributed by atoms with Gasteiger partial charge in [-0.1, -0.05) is 28.9 Å². The minimum Gasteiger partial charge on any atom is -0.380 e. The molecule has 0 atom stereocenters. The molecular formula is C15H25BrN2O. The fraction of sp³-hybridized carbons (Fsp3) is 0.600. The molecule has 0 spiro atoms. The van der Waals surface area contributed by atoms with Gasteiger partial charge in [0.1, 0.15) is 0 Å². The van der Waals surface area contributed by atoms with Crippen LogP contribution in [0.15, 0.2) is 22.7 Å². The number of rotatable bonds is 9. The summed E-state index contributed by atoms with van der Waals surface area (Å²) < 4.78 is 6.60. The highest BCUT2D eigenvalue weighted by atomic mass is 79.9. The molecule has 1 N–H and O–H groups in total. The van der Waals surface area contributed by atoms with E-state index in [4.69, 9.17) is 4.74 Å². The third-order valence-electron chi connectivity index (χ3n) is 3.06. The van der Waals surface area contributed by atoms with Crippen molar-refractivity contribution in [3.8, 4) is 0 Å². The van der Waals surface area contributed by atoms with Crippen LogP contribution in [-0.2, 0) is 11.3 Å². The van der Waals surface area contributed by atoms with E-state index in [0.29, 0.717) is 0 Å². The fourth-order valence-electron chi connectivity index (χ4n) is 1.92. The third kappa shape index (κ3) is 5.51. The number of hydrogen-bond acceptors (Lipinski definition) is 3. The molecular weight excluding hydrogens is 304 g/mol. The minimum absolute atomic E-state index is 0.779. The minimum atomic E-state index is 0.779. The lowest BCUT2D eigenvalue weighted by Crippen LogP contribution is -2.27. The van der Waals surface area contributed by atoms with Gasteiger partial charge in [-0.3, -0.25) is 0 Å². The number of hydrogen-bond donors (Lipinski definition) is 1.